The second kappa shape index (κ2) is 4.85. The molecule has 100 valence electrons. The number of ether oxygens (including phenoxy) is 1. The highest BCUT2D eigenvalue weighted by Gasteiger charge is 2.11. The van der Waals surface area contributed by atoms with E-state index >= 15 is 0 Å². The predicted octanol–water partition coefficient (Wildman–Crippen LogP) is 3.78. The lowest BCUT2D eigenvalue weighted by atomic mass is 10.1. The Morgan fingerprint density at radius 1 is 1.05 bits per heavy atom. The molecule has 0 unspecified atom stereocenters. The van der Waals surface area contributed by atoms with Crippen LogP contribution < -0.4 is 10.4 Å². The maximum atomic E-state index is 12.0. The van der Waals surface area contributed by atoms with Crippen molar-refractivity contribution < 1.29 is 9.15 Å². The van der Waals surface area contributed by atoms with Gasteiger partial charge in [0.05, 0.1) is 18.1 Å². The van der Waals surface area contributed by atoms with Gasteiger partial charge in [-0.15, -0.1) is 0 Å². The third-order valence-corrected chi connectivity index (χ3v) is 3.29. The summed E-state index contributed by atoms with van der Waals surface area (Å²) in [7, 11) is 1.60. The third kappa shape index (κ3) is 2.07. The molecule has 3 aromatic rings. The molecule has 3 nitrogen and oxygen atoms in total. The zero-order valence-corrected chi connectivity index (χ0v) is 11.3. The summed E-state index contributed by atoms with van der Waals surface area (Å²) < 4.78 is 10.8. The summed E-state index contributed by atoms with van der Waals surface area (Å²) in [5.41, 5.74) is 1.54. The zero-order valence-electron chi connectivity index (χ0n) is 11.3. The number of fused-ring (bicyclic) bond motifs is 1. The average Bonchev–Trinajstić information content (AvgIpc) is 2.47. The van der Waals surface area contributed by atoms with Crippen LogP contribution in [0.3, 0.4) is 0 Å². The van der Waals surface area contributed by atoms with Gasteiger partial charge < -0.3 is 9.15 Å². The number of rotatable bonds is 2. The molecule has 0 atom stereocenters. The molecule has 3 rings (SSSR count). The fourth-order valence-electron chi connectivity index (χ4n) is 2.28. The number of methoxy groups -OCH3 is 1. The van der Waals surface area contributed by atoms with Crippen LogP contribution in [0.2, 0.25) is 0 Å². The molecule has 3 heteroatoms. The Morgan fingerprint density at radius 2 is 1.85 bits per heavy atom. The molecule has 2 aromatic carbocycles. The van der Waals surface area contributed by atoms with E-state index in [1.807, 2.05) is 49.4 Å². The molecule has 0 aliphatic heterocycles. The van der Waals surface area contributed by atoms with Crippen molar-refractivity contribution in [1.82, 2.24) is 0 Å². The van der Waals surface area contributed by atoms with Crippen LogP contribution in [0.1, 0.15) is 5.56 Å². The molecule has 0 radical (unpaired) electrons. The number of benzene rings is 2. The highest BCUT2D eigenvalue weighted by atomic mass is 16.5. The van der Waals surface area contributed by atoms with Crippen molar-refractivity contribution >= 4 is 10.8 Å². The summed E-state index contributed by atoms with van der Waals surface area (Å²) in [6.45, 7) is 1.99. The minimum absolute atomic E-state index is 0.332. The van der Waals surface area contributed by atoms with Crippen molar-refractivity contribution in [2.24, 2.45) is 0 Å². The second-order valence-corrected chi connectivity index (χ2v) is 4.69. The van der Waals surface area contributed by atoms with Crippen molar-refractivity contribution in [2.45, 2.75) is 6.92 Å². The van der Waals surface area contributed by atoms with Gasteiger partial charge in [0.15, 0.2) is 0 Å². The van der Waals surface area contributed by atoms with Gasteiger partial charge in [0.1, 0.15) is 11.5 Å². The second-order valence-electron chi connectivity index (χ2n) is 4.69. The lowest BCUT2D eigenvalue weighted by molar-refractivity contribution is 0.414. The standard InChI is InChI=1S/C17H14O3/c1-11-7-8-15(19-2)14(9-11)16-10-12-5-3-4-6-13(12)17(18)20-16/h3-10H,1-2H3. The molecule has 0 N–H and O–H groups in total. The fraction of sp³-hybridized carbons (Fsp3) is 0.118. The van der Waals surface area contributed by atoms with Crippen molar-refractivity contribution in [1.29, 1.82) is 0 Å². The molecule has 0 spiro atoms. The van der Waals surface area contributed by atoms with E-state index in [0.29, 0.717) is 16.9 Å². The molecule has 1 heterocycles. The van der Waals surface area contributed by atoms with E-state index in [0.717, 1.165) is 16.5 Å². The highest BCUT2D eigenvalue weighted by molar-refractivity contribution is 5.84. The Balaban J connectivity index is 2.30. The molecule has 0 saturated carbocycles. The summed E-state index contributed by atoms with van der Waals surface area (Å²) >= 11 is 0. The van der Waals surface area contributed by atoms with Gasteiger partial charge in [-0.2, -0.15) is 0 Å². The first-order chi connectivity index (χ1) is 9.69. The Labute approximate surface area is 116 Å². The third-order valence-electron chi connectivity index (χ3n) is 3.29. The van der Waals surface area contributed by atoms with Gasteiger partial charge in [-0.3, -0.25) is 0 Å². The number of hydrogen-bond acceptors (Lipinski definition) is 3. The first kappa shape index (κ1) is 12.5. The normalized spacial score (nSPS) is 10.7. The van der Waals surface area contributed by atoms with Crippen molar-refractivity contribution in [3.05, 3.63) is 64.5 Å². The molecule has 1 aromatic heterocycles. The summed E-state index contributed by atoms with van der Waals surface area (Å²) in [5, 5.41) is 1.45. The Bertz CT molecular complexity index is 831. The summed E-state index contributed by atoms with van der Waals surface area (Å²) in [6, 6.07) is 15.0. The largest absolute Gasteiger partial charge is 0.496 e. The van der Waals surface area contributed by atoms with Crippen LogP contribution in [0.25, 0.3) is 22.1 Å². The van der Waals surface area contributed by atoms with Gasteiger partial charge in [-0.1, -0.05) is 29.8 Å². The van der Waals surface area contributed by atoms with Gasteiger partial charge in [-0.25, -0.2) is 4.79 Å². The molecular formula is C17H14O3. The molecule has 0 fully saturated rings. The number of aryl methyl sites for hydroxylation is 1. The SMILES string of the molecule is COc1ccc(C)cc1-c1cc2ccccc2c(=O)o1. The first-order valence-corrected chi connectivity index (χ1v) is 6.37. The highest BCUT2D eigenvalue weighted by Crippen LogP contribution is 2.31. The van der Waals surface area contributed by atoms with Crippen LogP contribution in [0.5, 0.6) is 5.75 Å². The van der Waals surface area contributed by atoms with E-state index in [4.69, 9.17) is 9.15 Å². The fourth-order valence-corrected chi connectivity index (χ4v) is 2.28. The maximum Gasteiger partial charge on any atom is 0.344 e. The first-order valence-electron chi connectivity index (χ1n) is 6.37. The minimum atomic E-state index is -0.332. The molecule has 20 heavy (non-hydrogen) atoms. The Hall–Kier alpha value is -2.55. The lowest BCUT2D eigenvalue weighted by Gasteiger charge is -2.09. The Morgan fingerprint density at radius 3 is 2.65 bits per heavy atom. The molecule has 0 aliphatic rings. The van der Waals surface area contributed by atoms with Crippen LogP contribution in [0.4, 0.5) is 0 Å². The Kier molecular flexibility index (Phi) is 3.03. The summed E-state index contributed by atoms with van der Waals surface area (Å²) in [6.07, 6.45) is 0. The maximum absolute atomic E-state index is 12.0. The van der Waals surface area contributed by atoms with E-state index in [1.54, 1.807) is 13.2 Å². The van der Waals surface area contributed by atoms with Crippen molar-refractivity contribution in [3.8, 4) is 17.1 Å². The molecule has 0 aliphatic carbocycles. The van der Waals surface area contributed by atoms with Gasteiger partial charge in [0, 0.05) is 0 Å². The lowest BCUT2D eigenvalue weighted by Crippen LogP contribution is -2.00. The average molecular weight is 266 g/mol. The van der Waals surface area contributed by atoms with E-state index in [9.17, 15) is 4.79 Å². The molecular weight excluding hydrogens is 252 g/mol. The van der Waals surface area contributed by atoms with E-state index in [-0.39, 0.29) is 5.63 Å². The quantitative estimate of drug-likeness (QED) is 0.708. The topological polar surface area (TPSA) is 39.4 Å². The zero-order chi connectivity index (χ0) is 14.1. The van der Waals surface area contributed by atoms with Crippen molar-refractivity contribution in [2.75, 3.05) is 7.11 Å². The minimum Gasteiger partial charge on any atom is -0.496 e. The summed E-state index contributed by atoms with van der Waals surface area (Å²) in [4.78, 5) is 12.0. The monoisotopic (exact) mass is 266 g/mol. The summed E-state index contributed by atoms with van der Waals surface area (Å²) in [5.74, 6) is 1.21. The smallest absolute Gasteiger partial charge is 0.344 e. The van der Waals surface area contributed by atoms with Crippen LogP contribution in [-0.4, -0.2) is 7.11 Å². The van der Waals surface area contributed by atoms with Crippen LogP contribution in [0.15, 0.2) is 57.7 Å². The van der Waals surface area contributed by atoms with E-state index < -0.39 is 0 Å². The van der Waals surface area contributed by atoms with Gasteiger partial charge in [-0.05, 0) is 36.6 Å². The van der Waals surface area contributed by atoms with E-state index in [1.165, 1.54) is 0 Å². The van der Waals surface area contributed by atoms with Gasteiger partial charge >= 0.3 is 5.63 Å². The van der Waals surface area contributed by atoms with Gasteiger partial charge in [0.2, 0.25) is 0 Å². The number of hydrogen-bond donors (Lipinski definition) is 0. The molecule has 0 amide bonds. The van der Waals surface area contributed by atoms with Gasteiger partial charge in [0.25, 0.3) is 0 Å². The van der Waals surface area contributed by atoms with Crippen LogP contribution in [0, 0.1) is 6.92 Å². The molecule has 0 bridgehead atoms. The van der Waals surface area contributed by atoms with Crippen LogP contribution >= 0.6 is 0 Å². The van der Waals surface area contributed by atoms with Crippen molar-refractivity contribution in [3.63, 3.8) is 0 Å². The van der Waals surface area contributed by atoms with Crippen LogP contribution in [-0.2, 0) is 0 Å². The predicted molar refractivity (Wildman–Crippen MR) is 79.2 cm³/mol. The molecule has 0 saturated heterocycles. The van der Waals surface area contributed by atoms with E-state index in [2.05, 4.69) is 0 Å².